The highest BCUT2D eigenvalue weighted by atomic mass is 16.3. The molecule has 0 saturated heterocycles. The van der Waals surface area contributed by atoms with E-state index >= 15 is 0 Å². The average Bonchev–Trinajstić information content (AvgIpc) is 2.39. The predicted molar refractivity (Wildman–Crippen MR) is 80.4 cm³/mol. The monoisotopic (exact) mass is 254 g/mol. The van der Waals surface area contributed by atoms with Crippen LogP contribution in [0.5, 0.6) is 0 Å². The summed E-state index contributed by atoms with van der Waals surface area (Å²) in [5, 5.41) is 10.4. The van der Waals surface area contributed by atoms with Crippen molar-refractivity contribution >= 4 is 0 Å². The molecule has 0 fully saturated rings. The first kappa shape index (κ1) is 13.8. The largest absolute Gasteiger partial charge is 0.388 e. The molecule has 2 aromatic carbocycles. The maximum Gasteiger partial charge on any atom is 0.0832 e. The third kappa shape index (κ3) is 3.45. The smallest absolute Gasteiger partial charge is 0.0832 e. The molecule has 0 amide bonds. The molecule has 0 aromatic heterocycles. The van der Waals surface area contributed by atoms with Crippen molar-refractivity contribution in [2.75, 3.05) is 0 Å². The van der Waals surface area contributed by atoms with E-state index in [1.54, 1.807) is 0 Å². The van der Waals surface area contributed by atoms with Crippen LogP contribution < -0.4 is 0 Å². The van der Waals surface area contributed by atoms with Crippen molar-refractivity contribution < 1.29 is 5.11 Å². The zero-order valence-corrected chi connectivity index (χ0v) is 12.0. The standard InChI is InChI=1S/C18H22O/c1-4-15-6-8-16(9-7-15)12-18(19)17-10-5-13(2)11-14(17)3/h5-11,18-19H,4,12H2,1-3H3. The number of aliphatic hydroxyl groups is 1. The minimum Gasteiger partial charge on any atom is -0.388 e. The summed E-state index contributed by atoms with van der Waals surface area (Å²) in [4.78, 5) is 0. The quantitative estimate of drug-likeness (QED) is 0.869. The lowest BCUT2D eigenvalue weighted by atomic mass is 9.96. The normalized spacial score (nSPS) is 12.4. The van der Waals surface area contributed by atoms with Crippen LogP contribution in [0.4, 0.5) is 0 Å². The second-order valence-electron chi connectivity index (χ2n) is 5.25. The van der Waals surface area contributed by atoms with E-state index in [1.807, 2.05) is 6.07 Å². The Morgan fingerprint density at radius 2 is 1.58 bits per heavy atom. The maximum absolute atomic E-state index is 10.4. The van der Waals surface area contributed by atoms with Crippen molar-refractivity contribution in [3.63, 3.8) is 0 Å². The Balaban J connectivity index is 2.13. The zero-order chi connectivity index (χ0) is 13.8. The van der Waals surface area contributed by atoms with Gasteiger partial charge in [0.15, 0.2) is 0 Å². The molecule has 1 unspecified atom stereocenters. The van der Waals surface area contributed by atoms with Gasteiger partial charge in [0.05, 0.1) is 6.10 Å². The van der Waals surface area contributed by atoms with Crippen LogP contribution in [0, 0.1) is 13.8 Å². The molecule has 100 valence electrons. The Labute approximate surface area is 115 Å². The second kappa shape index (κ2) is 6.03. The first-order chi connectivity index (χ1) is 9.10. The molecule has 2 rings (SSSR count). The minimum absolute atomic E-state index is 0.423. The van der Waals surface area contributed by atoms with Crippen LogP contribution in [0.3, 0.4) is 0 Å². The predicted octanol–water partition coefficient (Wildman–Crippen LogP) is 4.14. The van der Waals surface area contributed by atoms with Crippen molar-refractivity contribution in [3.8, 4) is 0 Å². The number of hydrogen-bond donors (Lipinski definition) is 1. The molecule has 0 aliphatic carbocycles. The lowest BCUT2D eigenvalue weighted by molar-refractivity contribution is 0.177. The van der Waals surface area contributed by atoms with Gasteiger partial charge in [0, 0.05) is 6.42 Å². The van der Waals surface area contributed by atoms with E-state index in [1.165, 1.54) is 16.7 Å². The Bertz CT molecular complexity index is 540. The molecule has 0 aliphatic rings. The average molecular weight is 254 g/mol. The molecular weight excluding hydrogens is 232 g/mol. The summed E-state index contributed by atoms with van der Waals surface area (Å²) in [6, 6.07) is 14.7. The highest BCUT2D eigenvalue weighted by Crippen LogP contribution is 2.22. The molecule has 1 N–H and O–H groups in total. The molecular formula is C18H22O. The van der Waals surface area contributed by atoms with E-state index in [0.717, 1.165) is 17.5 Å². The Morgan fingerprint density at radius 1 is 0.947 bits per heavy atom. The number of benzene rings is 2. The molecule has 1 heteroatoms. The molecule has 0 spiro atoms. The van der Waals surface area contributed by atoms with Crippen molar-refractivity contribution in [2.24, 2.45) is 0 Å². The molecule has 0 saturated carbocycles. The van der Waals surface area contributed by atoms with Crippen LogP contribution in [-0.2, 0) is 12.8 Å². The topological polar surface area (TPSA) is 20.2 Å². The molecule has 0 heterocycles. The Hall–Kier alpha value is -1.60. The van der Waals surface area contributed by atoms with E-state index in [9.17, 15) is 5.11 Å². The first-order valence-electron chi connectivity index (χ1n) is 6.93. The number of aryl methyl sites for hydroxylation is 3. The molecule has 0 radical (unpaired) electrons. The fourth-order valence-electron chi connectivity index (χ4n) is 2.44. The van der Waals surface area contributed by atoms with E-state index in [2.05, 4.69) is 57.2 Å². The third-order valence-electron chi connectivity index (χ3n) is 3.64. The van der Waals surface area contributed by atoms with Crippen molar-refractivity contribution in [1.82, 2.24) is 0 Å². The first-order valence-corrected chi connectivity index (χ1v) is 6.93. The Kier molecular flexibility index (Phi) is 4.39. The summed E-state index contributed by atoms with van der Waals surface area (Å²) in [6.45, 7) is 6.29. The van der Waals surface area contributed by atoms with Gasteiger partial charge in [-0.05, 0) is 42.5 Å². The lowest BCUT2D eigenvalue weighted by Crippen LogP contribution is -2.04. The lowest BCUT2D eigenvalue weighted by Gasteiger charge is -2.14. The third-order valence-corrected chi connectivity index (χ3v) is 3.64. The van der Waals surface area contributed by atoms with Crippen LogP contribution in [0.25, 0.3) is 0 Å². The highest BCUT2D eigenvalue weighted by molar-refractivity contribution is 5.33. The van der Waals surface area contributed by atoms with Crippen LogP contribution in [0.15, 0.2) is 42.5 Å². The molecule has 2 aromatic rings. The molecule has 1 nitrogen and oxygen atoms in total. The summed E-state index contributed by atoms with van der Waals surface area (Å²) in [7, 11) is 0. The van der Waals surface area contributed by atoms with E-state index < -0.39 is 6.10 Å². The molecule has 19 heavy (non-hydrogen) atoms. The minimum atomic E-state index is -0.423. The van der Waals surface area contributed by atoms with Gasteiger partial charge in [-0.25, -0.2) is 0 Å². The zero-order valence-electron chi connectivity index (χ0n) is 12.0. The van der Waals surface area contributed by atoms with E-state index in [-0.39, 0.29) is 0 Å². The van der Waals surface area contributed by atoms with Crippen molar-refractivity contribution in [1.29, 1.82) is 0 Å². The van der Waals surface area contributed by atoms with Gasteiger partial charge in [0.2, 0.25) is 0 Å². The summed E-state index contributed by atoms with van der Waals surface area (Å²) in [5.74, 6) is 0. The van der Waals surface area contributed by atoms with Crippen LogP contribution in [-0.4, -0.2) is 5.11 Å². The Morgan fingerprint density at radius 3 is 2.16 bits per heavy atom. The highest BCUT2D eigenvalue weighted by Gasteiger charge is 2.11. The van der Waals surface area contributed by atoms with Gasteiger partial charge >= 0.3 is 0 Å². The maximum atomic E-state index is 10.4. The number of rotatable bonds is 4. The van der Waals surface area contributed by atoms with Crippen LogP contribution >= 0.6 is 0 Å². The van der Waals surface area contributed by atoms with E-state index in [4.69, 9.17) is 0 Å². The summed E-state index contributed by atoms with van der Waals surface area (Å²) >= 11 is 0. The van der Waals surface area contributed by atoms with E-state index in [0.29, 0.717) is 6.42 Å². The number of hydrogen-bond acceptors (Lipinski definition) is 1. The van der Waals surface area contributed by atoms with Gasteiger partial charge in [-0.15, -0.1) is 0 Å². The molecule has 0 aliphatic heterocycles. The van der Waals surface area contributed by atoms with Crippen LogP contribution in [0.2, 0.25) is 0 Å². The van der Waals surface area contributed by atoms with Gasteiger partial charge in [0.25, 0.3) is 0 Å². The fourth-order valence-corrected chi connectivity index (χ4v) is 2.44. The van der Waals surface area contributed by atoms with Crippen molar-refractivity contribution in [2.45, 2.75) is 39.7 Å². The summed E-state index contributed by atoms with van der Waals surface area (Å²) in [6.07, 6.45) is 1.31. The van der Waals surface area contributed by atoms with Gasteiger partial charge in [-0.2, -0.15) is 0 Å². The second-order valence-corrected chi connectivity index (χ2v) is 5.25. The number of aliphatic hydroxyl groups excluding tert-OH is 1. The summed E-state index contributed by atoms with van der Waals surface area (Å²) < 4.78 is 0. The van der Waals surface area contributed by atoms with Gasteiger partial charge in [-0.1, -0.05) is 55.0 Å². The fraction of sp³-hybridized carbons (Fsp3) is 0.333. The summed E-state index contributed by atoms with van der Waals surface area (Å²) in [5.41, 5.74) is 5.96. The van der Waals surface area contributed by atoms with Gasteiger partial charge in [0.1, 0.15) is 0 Å². The molecule has 1 atom stereocenters. The molecule has 0 bridgehead atoms. The van der Waals surface area contributed by atoms with Gasteiger partial charge < -0.3 is 5.11 Å². The van der Waals surface area contributed by atoms with Crippen molar-refractivity contribution in [3.05, 3.63) is 70.3 Å². The SMILES string of the molecule is CCc1ccc(CC(O)c2ccc(C)cc2C)cc1. The van der Waals surface area contributed by atoms with Crippen LogP contribution in [0.1, 0.15) is 40.8 Å². The van der Waals surface area contributed by atoms with Gasteiger partial charge in [-0.3, -0.25) is 0 Å².